The van der Waals surface area contributed by atoms with Crippen LogP contribution in [0.2, 0.25) is 0 Å². The van der Waals surface area contributed by atoms with Crippen LogP contribution in [0.25, 0.3) is 10.8 Å². The van der Waals surface area contributed by atoms with E-state index in [4.69, 9.17) is 0 Å². The van der Waals surface area contributed by atoms with Crippen molar-refractivity contribution < 1.29 is 14.7 Å². The van der Waals surface area contributed by atoms with Gasteiger partial charge in [0.25, 0.3) is 5.56 Å². The van der Waals surface area contributed by atoms with E-state index in [0.29, 0.717) is 17.5 Å². The van der Waals surface area contributed by atoms with Crippen LogP contribution in [0.5, 0.6) is 0 Å². The lowest BCUT2D eigenvalue weighted by molar-refractivity contribution is -0.150. The molecular formula is C20H23N3O4. The van der Waals surface area contributed by atoms with Gasteiger partial charge in [-0.2, -0.15) is 5.10 Å². The topological polar surface area (TPSA) is 92.5 Å². The number of nitrogens with zero attached hydrogens (tertiary/aromatic N) is 3. The quantitative estimate of drug-likeness (QED) is 0.893. The van der Waals surface area contributed by atoms with Crippen molar-refractivity contribution in [1.29, 1.82) is 0 Å². The summed E-state index contributed by atoms with van der Waals surface area (Å²) in [6.07, 6.45) is 4.39. The highest BCUT2D eigenvalue weighted by Crippen LogP contribution is 2.39. The molecule has 142 valence electrons. The molecule has 2 heterocycles. The average molecular weight is 369 g/mol. The minimum Gasteiger partial charge on any atom is -0.480 e. The number of rotatable bonds is 3. The zero-order valence-electron chi connectivity index (χ0n) is 15.3. The Morgan fingerprint density at radius 2 is 1.89 bits per heavy atom. The molecule has 1 aliphatic heterocycles. The molecule has 0 bridgehead atoms. The summed E-state index contributed by atoms with van der Waals surface area (Å²) in [4.78, 5) is 39.0. The first-order chi connectivity index (χ1) is 13.0. The second-order valence-corrected chi connectivity index (χ2v) is 7.60. The van der Waals surface area contributed by atoms with Crippen LogP contribution in [0.4, 0.5) is 0 Å². The molecule has 7 nitrogen and oxygen atoms in total. The van der Waals surface area contributed by atoms with E-state index < -0.39 is 12.0 Å². The predicted molar refractivity (Wildman–Crippen MR) is 99.4 cm³/mol. The number of likely N-dealkylation sites (tertiary alicyclic amines) is 1. The highest BCUT2D eigenvalue weighted by Gasteiger charge is 2.47. The van der Waals surface area contributed by atoms with E-state index >= 15 is 0 Å². The van der Waals surface area contributed by atoms with Gasteiger partial charge in [-0.05, 0) is 38.2 Å². The largest absolute Gasteiger partial charge is 0.480 e. The molecule has 1 aromatic carbocycles. The molecular weight excluding hydrogens is 346 g/mol. The van der Waals surface area contributed by atoms with E-state index in [2.05, 4.69) is 5.10 Å². The van der Waals surface area contributed by atoms with E-state index in [1.165, 1.54) is 9.58 Å². The predicted octanol–water partition coefficient (Wildman–Crippen LogP) is 1.95. The summed E-state index contributed by atoms with van der Waals surface area (Å²) in [6, 6.07) is 6.34. The van der Waals surface area contributed by atoms with Gasteiger partial charge < -0.3 is 10.0 Å². The van der Waals surface area contributed by atoms with Gasteiger partial charge in [0.2, 0.25) is 5.91 Å². The van der Waals surface area contributed by atoms with E-state index in [9.17, 15) is 19.5 Å². The Kier molecular flexibility index (Phi) is 4.45. The van der Waals surface area contributed by atoms with Crippen LogP contribution in [-0.2, 0) is 16.1 Å². The van der Waals surface area contributed by atoms with E-state index in [1.807, 2.05) is 12.1 Å². The number of aromatic nitrogens is 2. The molecule has 1 saturated heterocycles. The smallest absolute Gasteiger partial charge is 0.326 e. The zero-order valence-corrected chi connectivity index (χ0v) is 15.3. The van der Waals surface area contributed by atoms with Gasteiger partial charge in [-0.25, -0.2) is 9.48 Å². The lowest BCUT2D eigenvalue weighted by Gasteiger charge is -2.33. The Labute approximate surface area is 156 Å². The first-order valence-electron chi connectivity index (χ1n) is 9.48. The summed E-state index contributed by atoms with van der Waals surface area (Å²) in [7, 11) is 0. The number of hydrogen-bond acceptors (Lipinski definition) is 4. The maximum absolute atomic E-state index is 13.0. The van der Waals surface area contributed by atoms with E-state index in [-0.39, 0.29) is 30.0 Å². The summed E-state index contributed by atoms with van der Waals surface area (Å²) in [5.41, 5.74) is 0.348. The van der Waals surface area contributed by atoms with Gasteiger partial charge in [0.1, 0.15) is 12.6 Å². The third-order valence-corrected chi connectivity index (χ3v) is 6.00. The van der Waals surface area contributed by atoms with Crippen molar-refractivity contribution in [2.45, 2.75) is 57.7 Å². The molecule has 3 atom stereocenters. The zero-order chi connectivity index (χ0) is 19.1. The first-order valence-corrected chi connectivity index (χ1v) is 9.48. The average Bonchev–Trinajstić information content (AvgIpc) is 3.06. The Balaban J connectivity index is 1.67. The van der Waals surface area contributed by atoms with Gasteiger partial charge in [0.05, 0.1) is 11.1 Å². The molecule has 7 heteroatoms. The molecule has 1 aromatic heterocycles. The number of aliphatic carboxylic acids is 1. The molecule has 0 spiro atoms. The van der Waals surface area contributed by atoms with Crippen LogP contribution >= 0.6 is 0 Å². The fourth-order valence-electron chi connectivity index (χ4n) is 4.76. The van der Waals surface area contributed by atoms with Crippen LogP contribution in [0.15, 0.2) is 29.1 Å². The third kappa shape index (κ3) is 3.01. The number of amides is 1. The number of carbonyl (C=O) groups is 2. The van der Waals surface area contributed by atoms with E-state index in [0.717, 1.165) is 31.1 Å². The molecule has 1 saturated carbocycles. The monoisotopic (exact) mass is 369 g/mol. The number of carboxylic acids is 1. The van der Waals surface area contributed by atoms with Gasteiger partial charge in [0.15, 0.2) is 0 Å². The van der Waals surface area contributed by atoms with Crippen molar-refractivity contribution in [2.75, 3.05) is 0 Å². The molecule has 4 rings (SSSR count). The number of hydrogen-bond donors (Lipinski definition) is 1. The van der Waals surface area contributed by atoms with Crippen molar-refractivity contribution in [2.24, 2.45) is 5.92 Å². The number of benzene rings is 1. The second kappa shape index (κ2) is 6.79. The Bertz CT molecular complexity index is 967. The number of aryl methyl sites for hydroxylation is 1. The lowest BCUT2D eigenvalue weighted by Crippen LogP contribution is -2.48. The Morgan fingerprint density at radius 1 is 1.19 bits per heavy atom. The third-order valence-electron chi connectivity index (χ3n) is 6.00. The summed E-state index contributed by atoms with van der Waals surface area (Å²) < 4.78 is 1.18. The molecule has 2 fully saturated rings. The molecule has 2 aromatic rings. The number of carboxylic acid groups (broad SMARTS) is 1. The van der Waals surface area contributed by atoms with Gasteiger partial charge in [0, 0.05) is 11.4 Å². The van der Waals surface area contributed by atoms with Gasteiger partial charge >= 0.3 is 5.97 Å². The minimum atomic E-state index is -0.965. The second-order valence-electron chi connectivity index (χ2n) is 7.60. The van der Waals surface area contributed by atoms with Crippen LogP contribution in [0.1, 0.15) is 37.8 Å². The van der Waals surface area contributed by atoms with Crippen LogP contribution < -0.4 is 5.56 Å². The maximum Gasteiger partial charge on any atom is 0.326 e. The Morgan fingerprint density at radius 3 is 2.63 bits per heavy atom. The van der Waals surface area contributed by atoms with Crippen LogP contribution in [0, 0.1) is 12.8 Å². The number of carbonyl (C=O) groups excluding carboxylic acids is 1. The number of fused-ring (bicyclic) bond motifs is 2. The van der Waals surface area contributed by atoms with Crippen molar-refractivity contribution in [3.63, 3.8) is 0 Å². The van der Waals surface area contributed by atoms with Gasteiger partial charge in [-0.15, -0.1) is 0 Å². The van der Waals surface area contributed by atoms with Crippen LogP contribution in [0.3, 0.4) is 0 Å². The van der Waals surface area contributed by atoms with Crippen molar-refractivity contribution in [1.82, 2.24) is 14.7 Å². The summed E-state index contributed by atoms with van der Waals surface area (Å²) in [5, 5.41) is 15.2. The first kappa shape index (κ1) is 17.7. The standard InChI is InChI=1S/C20H23N3O4/c1-12-14-7-3-4-8-15(14)19(25)22(21-12)11-18(24)23-16-9-5-2-6-13(16)10-17(23)20(26)27/h3-4,7-8,13,16-17H,2,5-6,9-11H2,1H3,(H,26,27)/t13-,16-,17+/m1/s1. The normalized spacial score (nSPS) is 24.8. The molecule has 0 unspecified atom stereocenters. The highest BCUT2D eigenvalue weighted by molar-refractivity contribution is 5.86. The summed E-state index contributed by atoms with van der Waals surface area (Å²) in [6.45, 7) is 1.58. The van der Waals surface area contributed by atoms with Gasteiger partial charge in [-0.1, -0.05) is 31.0 Å². The van der Waals surface area contributed by atoms with Crippen LogP contribution in [-0.4, -0.2) is 43.7 Å². The maximum atomic E-state index is 13.0. The highest BCUT2D eigenvalue weighted by atomic mass is 16.4. The molecule has 1 amide bonds. The Hall–Kier alpha value is -2.70. The summed E-state index contributed by atoms with van der Waals surface area (Å²) >= 11 is 0. The van der Waals surface area contributed by atoms with Crippen molar-refractivity contribution in [3.8, 4) is 0 Å². The lowest BCUT2D eigenvalue weighted by atomic mass is 9.85. The molecule has 2 aliphatic rings. The van der Waals surface area contributed by atoms with Crippen molar-refractivity contribution in [3.05, 3.63) is 40.3 Å². The molecule has 1 aliphatic carbocycles. The van der Waals surface area contributed by atoms with Gasteiger partial charge in [-0.3, -0.25) is 9.59 Å². The fraction of sp³-hybridized carbons (Fsp3) is 0.500. The van der Waals surface area contributed by atoms with E-state index in [1.54, 1.807) is 19.1 Å². The minimum absolute atomic E-state index is 0.0374. The molecule has 1 N–H and O–H groups in total. The SMILES string of the molecule is Cc1nn(CC(=O)N2[C@@H]3CCCC[C@@H]3C[C@H]2C(=O)O)c(=O)c2ccccc12. The molecule has 0 radical (unpaired) electrons. The van der Waals surface area contributed by atoms with Crippen molar-refractivity contribution >= 4 is 22.6 Å². The molecule has 27 heavy (non-hydrogen) atoms. The fourth-order valence-corrected chi connectivity index (χ4v) is 4.76. The summed E-state index contributed by atoms with van der Waals surface area (Å²) in [5.74, 6) is -1.05.